The van der Waals surface area contributed by atoms with E-state index in [1.807, 2.05) is 0 Å². The minimum atomic E-state index is 0.278. The average molecular weight is 1020 g/mol. The van der Waals surface area contributed by atoms with Gasteiger partial charge in [0.15, 0.2) is 0 Å². The predicted molar refractivity (Wildman–Crippen MR) is 336 cm³/mol. The summed E-state index contributed by atoms with van der Waals surface area (Å²) >= 11 is 0. The van der Waals surface area contributed by atoms with E-state index in [1.54, 1.807) is 0 Å². The van der Waals surface area contributed by atoms with E-state index in [0.717, 1.165) is 29.2 Å². The lowest BCUT2D eigenvalue weighted by molar-refractivity contribution is 0.828. The molecule has 0 spiro atoms. The summed E-state index contributed by atoms with van der Waals surface area (Å²) in [6.45, 7) is 0. The van der Waals surface area contributed by atoms with Gasteiger partial charge in [0.1, 0.15) is 0 Å². The van der Waals surface area contributed by atoms with Crippen LogP contribution >= 0.6 is 0 Å². The van der Waals surface area contributed by atoms with Crippen molar-refractivity contribution in [2.45, 2.75) is 12.3 Å². The minimum Gasteiger partial charge on any atom is -0.309 e. The maximum Gasteiger partial charge on any atom is 0.0626 e. The third-order valence-electron chi connectivity index (χ3n) is 17.8. The normalized spacial score (nSPS) is 12.8. The third kappa shape index (κ3) is 6.05. The van der Waals surface area contributed by atoms with E-state index in [9.17, 15) is 0 Å². The fraction of sp³-hybridized carbons (Fsp3) is 0.0263. The van der Waals surface area contributed by atoms with Crippen LogP contribution in [0.2, 0.25) is 0 Å². The summed E-state index contributed by atoms with van der Waals surface area (Å²) in [7, 11) is 0. The summed E-state index contributed by atoms with van der Waals surface area (Å²) in [6.07, 6.45) is 0.913. The summed E-state index contributed by atoms with van der Waals surface area (Å²) in [4.78, 5) is 0. The van der Waals surface area contributed by atoms with E-state index in [2.05, 4.69) is 291 Å². The molecule has 1 aliphatic rings. The topological polar surface area (TPSA) is 19.7 Å². The van der Waals surface area contributed by atoms with Crippen molar-refractivity contribution in [3.05, 3.63) is 290 Å². The van der Waals surface area contributed by atoms with Gasteiger partial charge in [0.05, 0.1) is 44.1 Å². The summed E-state index contributed by atoms with van der Waals surface area (Å²) in [6, 6.07) is 102. The number of nitrogens with zero attached hydrogens (tertiary/aromatic N) is 4. The van der Waals surface area contributed by atoms with Gasteiger partial charge < -0.3 is 18.3 Å². The van der Waals surface area contributed by atoms with E-state index in [-0.39, 0.29) is 5.92 Å². The third-order valence-corrected chi connectivity index (χ3v) is 17.8. The van der Waals surface area contributed by atoms with Crippen molar-refractivity contribution in [2.24, 2.45) is 0 Å². The molecule has 4 aromatic heterocycles. The number of aromatic nitrogens is 4. The Kier molecular flexibility index (Phi) is 9.03. The molecule has 372 valence electrons. The molecule has 1 aliphatic carbocycles. The number of fused-ring (bicyclic) bond motifs is 20. The molecule has 0 amide bonds. The number of hydrogen-bond acceptors (Lipinski definition) is 0. The van der Waals surface area contributed by atoms with Gasteiger partial charge in [-0.05, 0) is 141 Å². The smallest absolute Gasteiger partial charge is 0.0626 e. The van der Waals surface area contributed by atoms with E-state index in [0.29, 0.717) is 0 Å². The Hall–Kier alpha value is -10.4. The predicted octanol–water partition coefficient (Wildman–Crippen LogP) is 19.7. The van der Waals surface area contributed by atoms with Gasteiger partial charge in [0, 0.05) is 77.1 Å². The Bertz CT molecular complexity index is 5300. The van der Waals surface area contributed by atoms with Gasteiger partial charge in [-0.25, -0.2) is 0 Å². The molecule has 0 saturated heterocycles. The second-order valence-electron chi connectivity index (χ2n) is 21.9. The molecule has 4 heterocycles. The summed E-state index contributed by atoms with van der Waals surface area (Å²) in [5.41, 5.74) is 21.0. The van der Waals surface area contributed by atoms with Gasteiger partial charge in [0.25, 0.3) is 0 Å². The molecule has 0 bridgehead atoms. The van der Waals surface area contributed by atoms with Crippen molar-refractivity contribution in [1.29, 1.82) is 0 Å². The monoisotopic (exact) mass is 1020 g/mol. The SMILES string of the molecule is c1ccc(-n2c3cc(CC4c5ccccc5-c5ccccc54)ccc3c3cc4c(cc32)c2c3cc(-n5c6ccccc6c6ccccc65)ccc3c3ccc(-n5c6ccccc6c6ccccc65)cc3c2n4-c2ccccc2)cc1. The highest BCUT2D eigenvalue weighted by atomic mass is 15.0. The molecule has 0 atom stereocenters. The molecule has 17 aromatic rings. The van der Waals surface area contributed by atoms with Gasteiger partial charge in [-0.2, -0.15) is 0 Å². The highest BCUT2D eigenvalue weighted by Gasteiger charge is 2.29. The Morgan fingerprint density at radius 2 is 0.637 bits per heavy atom. The first-order valence-corrected chi connectivity index (χ1v) is 27.9. The quantitative estimate of drug-likeness (QED) is 0.148. The van der Waals surface area contributed by atoms with Crippen LogP contribution < -0.4 is 0 Å². The molecular weight excluding hydrogens is 969 g/mol. The zero-order chi connectivity index (χ0) is 52.2. The minimum absolute atomic E-state index is 0.278. The molecule has 18 rings (SSSR count). The van der Waals surface area contributed by atoms with Crippen molar-refractivity contribution in [1.82, 2.24) is 18.3 Å². The average Bonchev–Trinajstić information content (AvgIpc) is 4.50. The molecule has 0 saturated carbocycles. The fourth-order valence-electron chi connectivity index (χ4n) is 14.5. The van der Waals surface area contributed by atoms with Crippen molar-refractivity contribution in [2.75, 3.05) is 0 Å². The molecule has 4 nitrogen and oxygen atoms in total. The van der Waals surface area contributed by atoms with Crippen LogP contribution in [0.15, 0.2) is 273 Å². The Balaban J connectivity index is 0.972. The molecule has 0 aliphatic heterocycles. The zero-order valence-electron chi connectivity index (χ0n) is 43.6. The number of benzene rings is 13. The van der Waals surface area contributed by atoms with Crippen LogP contribution in [-0.2, 0) is 6.42 Å². The largest absolute Gasteiger partial charge is 0.309 e. The van der Waals surface area contributed by atoms with Crippen molar-refractivity contribution < 1.29 is 0 Å². The number of para-hydroxylation sites is 6. The summed E-state index contributed by atoms with van der Waals surface area (Å²) < 4.78 is 10.0. The van der Waals surface area contributed by atoms with Gasteiger partial charge in [0.2, 0.25) is 0 Å². The number of hydrogen-bond donors (Lipinski definition) is 0. The van der Waals surface area contributed by atoms with E-state index in [1.165, 1.54) is 137 Å². The van der Waals surface area contributed by atoms with Crippen LogP contribution in [-0.4, -0.2) is 18.3 Å². The van der Waals surface area contributed by atoms with Crippen LogP contribution in [0.25, 0.3) is 143 Å². The maximum atomic E-state index is 2.57. The lowest BCUT2D eigenvalue weighted by Crippen LogP contribution is -2.02. The lowest BCUT2D eigenvalue weighted by atomic mass is 9.90. The highest BCUT2D eigenvalue weighted by molar-refractivity contribution is 6.34. The first-order chi connectivity index (χ1) is 39.7. The van der Waals surface area contributed by atoms with Crippen molar-refractivity contribution >= 4 is 109 Å². The molecule has 0 fully saturated rings. The molecule has 0 radical (unpaired) electrons. The number of rotatable bonds is 6. The lowest BCUT2D eigenvalue weighted by Gasteiger charge is -2.16. The Labute approximate surface area is 460 Å². The summed E-state index contributed by atoms with van der Waals surface area (Å²) in [5.74, 6) is 0.278. The molecule has 0 N–H and O–H groups in total. The first-order valence-electron chi connectivity index (χ1n) is 27.9. The molecule has 80 heavy (non-hydrogen) atoms. The van der Waals surface area contributed by atoms with Crippen LogP contribution in [0.3, 0.4) is 0 Å². The van der Waals surface area contributed by atoms with E-state index < -0.39 is 0 Å². The van der Waals surface area contributed by atoms with E-state index >= 15 is 0 Å². The first kappa shape index (κ1) is 43.7. The Morgan fingerprint density at radius 1 is 0.237 bits per heavy atom. The van der Waals surface area contributed by atoms with Gasteiger partial charge in [-0.1, -0.05) is 182 Å². The summed E-state index contributed by atoms with van der Waals surface area (Å²) in [5, 5.41) is 14.8. The van der Waals surface area contributed by atoms with Crippen LogP contribution in [0, 0.1) is 0 Å². The van der Waals surface area contributed by atoms with Crippen LogP contribution in [0.5, 0.6) is 0 Å². The fourth-order valence-corrected chi connectivity index (χ4v) is 14.5. The Morgan fingerprint density at radius 3 is 1.20 bits per heavy atom. The van der Waals surface area contributed by atoms with Crippen LogP contribution in [0.4, 0.5) is 0 Å². The van der Waals surface area contributed by atoms with Crippen LogP contribution in [0.1, 0.15) is 22.6 Å². The van der Waals surface area contributed by atoms with Gasteiger partial charge >= 0.3 is 0 Å². The van der Waals surface area contributed by atoms with Crippen molar-refractivity contribution in [3.63, 3.8) is 0 Å². The van der Waals surface area contributed by atoms with Gasteiger partial charge in [-0.15, -0.1) is 0 Å². The maximum absolute atomic E-state index is 2.57. The second-order valence-corrected chi connectivity index (χ2v) is 21.9. The molecular formula is C76H48N4. The van der Waals surface area contributed by atoms with E-state index in [4.69, 9.17) is 0 Å². The molecule has 0 unspecified atom stereocenters. The zero-order valence-corrected chi connectivity index (χ0v) is 43.6. The van der Waals surface area contributed by atoms with Gasteiger partial charge in [-0.3, -0.25) is 0 Å². The molecule has 4 heteroatoms. The van der Waals surface area contributed by atoms with Crippen molar-refractivity contribution in [3.8, 4) is 33.9 Å². The standard InChI is InChI=1S/C76H48N4/c1-3-19-48(20-4-1)77-72-42-47(41-63-54-25-9-7-23-52(54)53-24-8-10-26-55(53)63)35-38-62(72)64-45-74-67(46-73(64)77)75-65-43-50(78-68-31-15-11-27-58(68)59-28-12-16-32-69(59)78)36-39-56(65)57-40-37-51(44-66(57)76(75)80(74)49-21-5-2-6-22-49)79-70-33-17-13-29-60(70)61-30-14-18-34-71(61)79/h1-40,42-46,63H,41H2. The molecule has 13 aromatic carbocycles. The highest BCUT2D eigenvalue weighted by Crippen LogP contribution is 2.49. The second kappa shape index (κ2) is 16.5.